The zero-order valence-corrected chi connectivity index (χ0v) is 12.9. The lowest BCUT2D eigenvalue weighted by Crippen LogP contribution is -2.54. The predicted octanol–water partition coefficient (Wildman–Crippen LogP) is 0.332. The van der Waals surface area contributed by atoms with Crippen LogP contribution < -0.4 is 5.32 Å². The Hall–Kier alpha value is -0.200. The van der Waals surface area contributed by atoms with Gasteiger partial charge in [-0.25, -0.2) is 0 Å². The van der Waals surface area contributed by atoms with Gasteiger partial charge in [0.25, 0.3) is 0 Å². The average Bonchev–Trinajstić information content (AvgIpc) is 2.87. The molecule has 0 bridgehead atoms. The summed E-state index contributed by atoms with van der Waals surface area (Å²) in [5.41, 5.74) is 0.194. The Morgan fingerprint density at radius 2 is 2.20 bits per heavy atom. The number of ether oxygens (including phenoxy) is 2. The van der Waals surface area contributed by atoms with E-state index in [-0.39, 0.29) is 18.1 Å². The minimum Gasteiger partial charge on any atom is -0.395 e. The van der Waals surface area contributed by atoms with Crippen LogP contribution in [0.15, 0.2) is 0 Å². The lowest BCUT2D eigenvalue weighted by atomic mass is 9.85. The van der Waals surface area contributed by atoms with Crippen molar-refractivity contribution in [3.05, 3.63) is 0 Å². The van der Waals surface area contributed by atoms with Gasteiger partial charge in [0.1, 0.15) is 0 Å². The molecule has 2 atom stereocenters. The van der Waals surface area contributed by atoms with Crippen molar-refractivity contribution in [1.29, 1.82) is 0 Å². The Kier molecular flexibility index (Phi) is 6.23. The molecule has 0 aromatic carbocycles. The molecule has 2 aliphatic rings. The van der Waals surface area contributed by atoms with Crippen molar-refractivity contribution in [2.24, 2.45) is 11.3 Å². The third-order valence-electron chi connectivity index (χ3n) is 4.34. The summed E-state index contributed by atoms with van der Waals surface area (Å²) in [6.45, 7) is 11.7. The largest absolute Gasteiger partial charge is 0.395 e. The fraction of sp³-hybridized carbons (Fsp3) is 1.00. The highest BCUT2D eigenvalue weighted by Gasteiger charge is 2.38. The summed E-state index contributed by atoms with van der Waals surface area (Å²) >= 11 is 0. The highest BCUT2D eigenvalue weighted by Crippen LogP contribution is 2.30. The smallest absolute Gasteiger partial charge is 0.0644 e. The van der Waals surface area contributed by atoms with Crippen molar-refractivity contribution >= 4 is 0 Å². The second kappa shape index (κ2) is 7.71. The molecular formula is C15H30N2O3. The first kappa shape index (κ1) is 16.2. The maximum atomic E-state index is 9.50. The molecule has 2 saturated heterocycles. The molecular weight excluding hydrogens is 256 g/mol. The van der Waals surface area contributed by atoms with Crippen molar-refractivity contribution in [2.75, 3.05) is 59.2 Å². The van der Waals surface area contributed by atoms with Gasteiger partial charge in [0.05, 0.1) is 32.5 Å². The number of morpholine rings is 1. The van der Waals surface area contributed by atoms with Crippen LogP contribution in [0.3, 0.4) is 0 Å². The Balaban J connectivity index is 1.90. The van der Waals surface area contributed by atoms with Crippen molar-refractivity contribution in [2.45, 2.75) is 26.3 Å². The molecule has 0 aromatic heterocycles. The zero-order valence-electron chi connectivity index (χ0n) is 12.9. The number of nitrogens with one attached hydrogen (secondary N) is 1. The molecule has 2 unspecified atom stereocenters. The van der Waals surface area contributed by atoms with E-state index in [9.17, 15) is 5.11 Å². The van der Waals surface area contributed by atoms with Gasteiger partial charge in [0.2, 0.25) is 0 Å². The van der Waals surface area contributed by atoms with Crippen molar-refractivity contribution in [1.82, 2.24) is 10.2 Å². The van der Waals surface area contributed by atoms with E-state index < -0.39 is 0 Å². The Bertz CT molecular complexity index is 280. The summed E-state index contributed by atoms with van der Waals surface area (Å²) < 4.78 is 11.1. The molecule has 118 valence electrons. The second-order valence-electron chi connectivity index (χ2n) is 6.71. The molecule has 0 spiro atoms. The van der Waals surface area contributed by atoms with Crippen LogP contribution in [0.4, 0.5) is 0 Å². The van der Waals surface area contributed by atoms with Gasteiger partial charge >= 0.3 is 0 Å². The van der Waals surface area contributed by atoms with Gasteiger partial charge in [-0.05, 0) is 18.9 Å². The van der Waals surface area contributed by atoms with Crippen LogP contribution in [0.1, 0.15) is 20.3 Å². The average molecular weight is 286 g/mol. The molecule has 0 saturated carbocycles. The van der Waals surface area contributed by atoms with Crippen LogP contribution >= 0.6 is 0 Å². The highest BCUT2D eigenvalue weighted by atomic mass is 16.5. The van der Waals surface area contributed by atoms with Crippen molar-refractivity contribution in [3.63, 3.8) is 0 Å². The number of aliphatic hydroxyl groups is 1. The molecule has 5 heteroatoms. The van der Waals surface area contributed by atoms with Crippen LogP contribution in [-0.2, 0) is 9.47 Å². The maximum Gasteiger partial charge on any atom is 0.0644 e. The summed E-state index contributed by atoms with van der Waals surface area (Å²) in [4.78, 5) is 2.38. The molecule has 0 radical (unpaired) electrons. The summed E-state index contributed by atoms with van der Waals surface area (Å²) in [5.74, 6) is 0.669. The lowest BCUT2D eigenvalue weighted by Gasteiger charge is -2.40. The molecule has 2 fully saturated rings. The molecule has 0 aromatic rings. The van der Waals surface area contributed by atoms with Gasteiger partial charge in [0.15, 0.2) is 0 Å². The minimum atomic E-state index is 0.145. The Morgan fingerprint density at radius 3 is 2.85 bits per heavy atom. The SMILES string of the molecule is CC(C)CNCC1(CN2CCOCC2CO)CCOC1. The number of aliphatic hydroxyl groups excluding tert-OH is 1. The quantitative estimate of drug-likeness (QED) is 0.706. The predicted molar refractivity (Wildman–Crippen MR) is 78.8 cm³/mol. The Morgan fingerprint density at radius 1 is 1.35 bits per heavy atom. The lowest BCUT2D eigenvalue weighted by molar-refractivity contribution is -0.0455. The van der Waals surface area contributed by atoms with E-state index in [1.165, 1.54) is 0 Å². The standard InChI is InChI=1S/C15H30N2O3/c1-13(2)7-16-10-15(3-5-20-12-15)11-17-4-6-19-9-14(17)8-18/h13-14,16,18H,3-12H2,1-2H3. The van der Waals surface area contributed by atoms with E-state index in [4.69, 9.17) is 9.47 Å². The normalized spacial score (nSPS) is 32.1. The topological polar surface area (TPSA) is 54.0 Å². The van der Waals surface area contributed by atoms with Crippen LogP contribution in [0.25, 0.3) is 0 Å². The van der Waals surface area contributed by atoms with Crippen LogP contribution in [0.2, 0.25) is 0 Å². The van der Waals surface area contributed by atoms with Gasteiger partial charge in [-0.3, -0.25) is 4.90 Å². The number of rotatable bonds is 7. The molecule has 2 rings (SSSR count). The van der Waals surface area contributed by atoms with Crippen LogP contribution in [0, 0.1) is 11.3 Å². The summed E-state index contributed by atoms with van der Waals surface area (Å²) in [6.07, 6.45) is 1.10. The first-order chi connectivity index (χ1) is 9.65. The van der Waals surface area contributed by atoms with Crippen molar-refractivity contribution < 1.29 is 14.6 Å². The molecule has 2 aliphatic heterocycles. The van der Waals surface area contributed by atoms with Gasteiger partial charge in [-0.1, -0.05) is 13.8 Å². The summed E-state index contributed by atoms with van der Waals surface area (Å²) in [6, 6.07) is 0.145. The molecule has 5 nitrogen and oxygen atoms in total. The summed E-state index contributed by atoms with van der Waals surface area (Å²) in [5, 5.41) is 13.1. The van der Waals surface area contributed by atoms with E-state index >= 15 is 0 Å². The van der Waals surface area contributed by atoms with E-state index in [1.807, 2.05) is 0 Å². The first-order valence-corrected chi connectivity index (χ1v) is 7.86. The van der Waals surface area contributed by atoms with Crippen LogP contribution in [0.5, 0.6) is 0 Å². The maximum absolute atomic E-state index is 9.50. The molecule has 0 amide bonds. The fourth-order valence-corrected chi connectivity index (χ4v) is 3.09. The third-order valence-corrected chi connectivity index (χ3v) is 4.34. The molecule has 0 aliphatic carbocycles. The van der Waals surface area contributed by atoms with Crippen molar-refractivity contribution in [3.8, 4) is 0 Å². The first-order valence-electron chi connectivity index (χ1n) is 7.86. The second-order valence-corrected chi connectivity index (χ2v) is 6.71. The number of nitrogens with zero attached hydrogens (tertiary/aromatic N) is 1. The van der Waals surface area contributed by atoms with E-state index in [0.717, 1.165) is 52.4 Å². The fourth-order valence-electron chi connectivity index (χ4n) is 3.09. The summed E-state index contributed by atoms with van der Waals surface area (Å²) in [7, 11) is 0. The van der Waals surface area contributed by atoms with E-state index in [1.54, 1.807) is 0 Å². The molecule has 2 heterocycles. The van der Waals surface area contributed by atoms with Crippen LogP contribution in [-0.4, -0.2) is 75.3 Å². The minimum absolute atomic E-state index is 0.145. The van der Waals surface area contributed by atoms with Gasteiger partial charge in [0, 0.05) is 31.7 Å². The molecule has 2 N–H and O–H groups in total. The van der Waals surface area contributed by atoms with Gasteiger partial charge in [-0.15, -0.1) is 0 Å². The third kappa shape index (κ3) is 4.40. The van der Waals surface area contributed by atoms with E-state index in [2.05, 4.69) is 24.1 Å². The Labute approximate surface area is 122 Å². The highest BCUT2D eigenvalue weighted by molar-refractivity contribution is 4.91. The zero-order chi connectivity index (χ0) is 14.4. The number of hydrogen-bond donors (Lipinski definition) is 2. The van der Waals surface area contributed by atoms with Gasteiger partial charge < -0.3 is 19.9 Å². The van der Waals surface area contributed by atoms with Gasteiger partial charge in [-0.2, -0.15) is 0 Å². The molecule has 20 heavy (non-hydrogen) atoms. The number of hydrogen-bond acceptors (Lipinski definition) is 5. The van der Waals surface area contributed by atoms with E-state index in [0.29, 0.717) is 12.5 Å². The monoisotopic (exact) mass is 286 g/mol.